The normalized spacial score (nSPS) is 12.1. The lowest BCUT2D eigenvalue weighted by Crippen LogP contribution is -1.96. The number of fused-ring (bicyclic) bond motifs is 1. The minimum Gasteiger partial charge on any atom is -0.397 e. The zero-order valence-electron chi connectivity index (χ0n) is 11.0. The summed E-state index contributed by atoms with van der Waals surface area (Å²) in [5, 5.41) is 1.91. The molecule has 0 radical (unpaired) electrons. The number of hydrogen-bond donors (Lipinski definition) is 1. The van der Waals surface area contributed by atoms with Gasteiger partial charge in [-0.1, -0.05) is 0 Å². The van der Waals surface area contributed by atoms with Gasteiger partial charge in [0.2, 0.25) is 0 Å². The lowest BCUT2D eigenvalue weighted by Gasteiger charge is -2.01. The van der Waals surface area contributed by atoms with Gasteiger partial charge in [-0.05, 0) is 29.6 Å². The number of aryl methyl sites for hydroxylation is 1. The van der Waals surface area contributed by atoms with Gasteiger partial charge in [-0.3, -0.25) is 0 Å². The van der Waals surface area contributed by atoms with Crippen LogP contribution < -0.4 is 5.73 Å². The van der Waals surface area contributed by atoms with E-state index in [1.807, 2.05) is 23.1 Å². The summed E-state index contributed by atoms with van der Waals surface area (Å²) in [5.74, 6) is 0.748. The van der Waals surface area contributed by atoms with Crippen molar-refractivity contribution < 1.29 is 8.42 Å². The van der Waals surface area contributed by atoms with Crippen LogP contribution in [0.25, 0.3) is 21.7 Å². The van der Waals surface area contributed by atoms with Crippen LogP contribution in [0.2, 0.25) is 0 Å². The summed E-state index contributed by atoms with van der Waals surface area (Å²) in [5.41, 5.74) is 8.13. The van der Waals surface area contributed by atoms with E-state index < -0.39 is 9.84 Å². The summed E-state index contributed by atoms with van der Waals surface area (Å²) in [6.07, 6.45) is 1.19. The Bertz CT molecular complexity index is 907. The first-order chi connectivity index (χ1) is 9.38. The van der Waals surface area contributed by atoms with Gasteiger partial charge >= 0.3 is 0 Å². The molecule has 0 unspecified atom stereocenters. The van der Waals surface area contributed by atoms with Crippen LogP contribution in [0.5, 0.6) is 0 Å². The average molecular weight is 307 g/mol. The van der Waals surface area contributed by atoms with E-state index in [1.54, 1.807) is 18.2 Å². The van der Waals surface area contributed by atoms with Crippen molar-refractivity contribution in [2.75, 3.05) is 12.0 Å². The highest BCUT2D eigenvalue weighted by Crippen LogP contribution is 2.33. The number of anilines is 1. The Labute approximate surface area is 120 Å². The molecule has 0 aliphatic carbocycles. The highest BCUT2D eigenvalue weighted by atomic mass is 32.2. The average Bonchev–Trinajstić information content (AvgIpc) is 2.92. The fourth-order valence-corrected chi connectivity index (χ4v) is 3.60. The number of nitrogens with zero attached hydrogens (tertiary/aromatic N) is 2. The lowest BCUT2D eigenvalue weighted by molar-refractivity contribution is 0.602. The predicted octanol–water partition coefficient (Wildman–Crippen LogP) is 2.29. The third-order valence-corrected chi connectivity index (χ3v) is 5.22. The highest BCUT2D eigenvalue weighted by Gasteiger charge is 2.15. The fourth-order valence-electron chi connectivity index (χ4n) is 2.11. The molecule has 0 bridgehead atoms. The van der Waals surface area contributed by atoms with E-state index in [2.05, 4.69) is 4.98 Å². The largest absolute Gasteiger partial charge is 0.397 e. The minimum absolute atomic E-state index is 0.272. The molecule has 2 aromatic heterocycles. The summed E-state index contributed by atoms with van der Waals surface area (Å²) in [6.45, 7) is 0. The van der Waals surface area contributed by atoms with Gasteiger partial charge in [0.15, 0.2) is 15.7 Å². The number of sulfone groups is 1. The van der Waals surface area contributed by atoms with Crippen LogP contribution in [0, 0.1) is 0 Å². The van der Waals surface area contributed by atoms with Crippen LogP contribution in [-0.2, 0) is 16.9 Å². The van der Waals surface area contributed by atoms with Crippen molar-refractivity contribution in [1.29, 1.82) is 0 Å². The Balaban J connectivity index is 2.28. The Kier molecular flexibility index (Phi) is 2.84. The van der Waals surface area contributed by atoms with Crippen molar-refractivity contribution in [2.24, 2.45) is 7.05 Å². The van der Waals surface area contributed by atoms with E-state index in [4.69, 9.17) is 5.73 Å². The topological polar surface area (TPSA) is 78.0 Å². The molecule has 7 heteroatoms. The predicted molar refractivity (Wildman–Crippen MR) is 81.5 cm³/mol. The van der Waals surface area contributed by atoms with Crippen molar-refractivity contribution in [3.8, 4) is 10.7 Å². The summed E-state index contributed by atoms with van der Waals surface area (Å²) < 4.78 is 25.1. The van der Waals surface area contributed by atoms with E-state index in [1.165, 1.54) is 17.6 Å². The molecular weight excluding hydrogens is 294 g/mol. The summed E-state index contributed by atoms with van der Waals surface area (Å²) in [4.78, 5) is 5.68. The molecule has 0 atom stereocenters. The first-order valence-electron chi connectivity index (χ1n) is 5.88. The van der Waals surface area contributed by atoms with Crippen LogP contribution >= 0.6 is 11.3 Å². The number of imidazole rings is 1. The Hall–Kier alpha value is -1.86. The minimum atomic E-state index is -3.23. The Morgan fingerprint density at radius 1 is 1.30 bits per heavy atom. The molecule has 0 saturated heterocycles. The number of nitrogens with two attached hydrogens (primary N) is 1. The maximum Gasteiger partial charge on any atom is 0.175 e. The van der Waals surface area contributed by atoms with E-state index in [-0.39, 0.29) is 4.90 Å². The third-order valence-electron chi connectivity index (χ3n) is 3.18. The molecule has 0 saturated carbocycles. The number of benzene rings is 1. The number of rotatable bonds is 2. The van der Waals surface area contributed by atoms with Crippen LogP contribution in [-0.4, -0.2) is 24.2 Å². The zero-order valence-corrected chi connectivity index (χ0v) is 12.6. The lowest BCUT2D eigenvalue weighted by atomic mass is 10.3. The van der Waals surface area contributed by atoms with Gasteiger partial charge in [-0.25, -0.2) is 13.4 Å². The van der Waals surface area contributed by atoms with Crippen molar-refractivity contribution in [3.63, 3.8) is 0 Å². The summed E-state index contributed by atoms with van der Waals surface area (Å²) in [6, 6.07) is 6.80. The molecule has 5 nitrogen and oxygen atoms in total. The van der Waals surface area contributed by atoms with Gasteiger partial charge in [-0.2, -0.15) is 0 Å². The number of aromatic nitrogens is 2. The van der Waals surface area contributed by atoms with Gasteiger partial charge in [0, 0.05) is 13.3 Å². The molecule has 3 aromatic rings. The molecule has 1 aromatic carbocycles. The molecule has 2 N–H and O–H groups in total. The standard InChI is InChI=1S/C13H13N3O2S2/c1-16-11-4-3-8(20(2,17)18)7-10(11)15-13(16)12-9(14)5-6-19-12/h3-7H,14H2,1-2H3. The van der Waals surface area contributed by atoms with Crippen LogP contribution in [0.3, 0.4) is 0 Å². The molecular formula is C13H13N3O2S2. The SMILES string of the molecule is Cn1c(-c2sccc2N)nc2cc(S(C)(=O)=O)ccc21. The van der Waals surface area contributed by atoms with Crippen LogP contribution in [0.4, 0.5) is 5.69 Å². The smallest absolute Gasteiger partial charge is 0.175 e. The van der Waals surface area contributed by atoms with Gasteiger partial charge in [-0.15, -0.1) is 11.3 Å². The van der Waals surface area contributed by atoms with E-state index >= 15 is 0 Å². The van der Waals surface area contributed by atoms with E-state index in [0.717, 1.165) is 16.2 Å². The molecule has 0 spiro atoms. The number of hydrogen-bond acceptors (Lipinski definition) is 5. The number of nitrogen functional groups attached to an aromatic ring is 1. The molecule has 20 heavy (non-hydrogen) atoms. The van der Waals surface area contributed by atoms with Crippen molar-refractivity contribution >= 4 is 37.9 Å². The quantitative estimate of drug-likeness (QED) is 0.788. The Morgan fingerprint density at radius 3 is 2.65 bits per heavy atom. The second kappa shape index (κ2) is 4.32. The summed E-state index contributed by atoms with van der Waals surface area (Å²) >= 11 is 1.52. The maximum absolute atomic E-state index is 11.6. The third kappa shape index (κ3) is 1.99. The molecule has 3 rings (SSSR count). The Morgan fingerprint density at radius 2 is 2.05 bits per heavy atom. The number of thiophene rings is 1. The van der Waals surface area contributed by atoms with Gasteiger partial charge in [0.1, 0.15) is 0 Å². The van der Waals surface area contributed by atoms with Gasteiger partial charge < -0.3 is 10.3 Å². The van der Waals surface area contributed by atoms with E-state index in [0.29, 0.717) is 11.2 Å². The monoisotopic (exact) mass is 307 g/mol. The molecule has 104 valence electrons. The molecule has 0 aliphatic heterocycles. The van der Waals surface area contributed by atoms with Crippen molar-refractivity contribution in [3.05, 3.63) is 29.6 Å². The van der Waals surface area contributed by atoms with Gasteiger partial charge in [0.05, 0.1) is 26.5 Å². The van der Waals surface area contributed by atoms with Crippen molar-refractivity contribution in [1.82, 2.24) is 9.55 Å². The molecule has 0 amide bonds. The zero-order chi connectivity index (χ0) is 14.5. The molecule has 0 aliphatic rings. The van der Waals surface area contributed by atoms with Crippen LogP contribution in [0.1, 0.15) is 0 Å². The van der Waals surface area contributed by atoms with Gasteiger partial charge in [0.25, 0.3) is 0 Å². The molecule has 2 heterocycles. The van der Waals surface area contributed by atoms with E-state index in [9.17, 15) is 8.42 Å². The second-order valence-corrected chi connectivity index (χ2v) is 7.55. The maximum atomic E-state index is 11.6. The van der Waals surface area contributed by atoms with Crippen molar-refractivity contribution in [2.45, 2.75) is 4.90 Å². The molecule has 0 fully saturated rings. The first kappa shape index (κ1) is 13.1. The van der Waals surface area contributed by atoms with Crippen LogP contribution in [0.15, 0.2) is 34.5 Å². The first-order valence-corrected chi connectivity index (χ1v) is 8.65. The summed E-state index contributed by atoms with van der Waals surface area (Å²) in [7, 11) is -1.34. The fraction of sp³-hybridized carbons (Fsp3) is 0.154. The second-order valence-electron chi connectivity index (χ2n) is 4.62. The highest BCUT2D eigenvalue weighted by molar-refractivity contribution is 7.90.